The molecule has 1 amide bonds. The number of nitrogens with one attached hydrogen (secondary N) is 1. The van der Waals surface area contributed by atoms with Gasteiger partial charge in [0.2, 0.25) is 0 Å². The fraction of sp³-hybridized carbons (Fsp3) is 0.706. The maximum absolute atomic E-state index is 12.3. The Labute approximate surface area is 133 Å². The van der Waals surface area contributed by atoms with E-state index in [1.165, 1.54) is 0 Å². The quantitative estimate of drug-likeness (QED) is 0.924. The summed E-state index contributed by atoms with van der Waals surface area (Å²) in [4.78, 5) is 14.1. The first-order valence-electron chi connectivity index (χ1n) is 8.12. The topological polar surface area (TPSA) is 54.7 Å². The fourth-order valence-electron chi connectivity index (χ4n) is 2.74. The molecule has 2 unspecified atom stereocenters. The van der Waals surface area contributed by atoms with E-state index in [1.807, 2.05) is 37.8 Å². The van der Waals surface area contributed by atoms with Crippen LogP contribution in [0.5, 0.6) is 0 Å². The third kappa shape index (κ3) is 5.05. The van der Waals surface area contributed by atoms with E-state index in [-0.39, 0.29) is 18.2 Å². The van der Waals surface area contributed by atoms with Gasteiger partial charge in [-0.3, -0.25) is 0 Å². The molecular formula is C17H28N2O3. The number of carbonyl (C=O) groups is 1. The van der Waals surface area contributed by atoms with Crippen molar-refractivity contribution in [2.24, 2.45) is 0 Å². The van der Waals surface area contributed by atoms with Crippen LogP contribution in [0.2, 0.25) is 0 Å². The first-order chi connectivity index (χ1) is 10.3. The molecule has 1 aromatic rings. The van der Waals surface area contributed by atoms with Crippen molar-refractivity contribution in [1.29, 1.82) is 0 Å². The monoisotopic (exact) mass is 308 g/mol. The van der Waals surface area contributed by atoms with Gasteiger partial charge in [-0.15, -0.1) is 0 Å². The molecule has 0 radical (unpaired) electrons. The van der Waals surface area contributed by atoms with Gasteiger partial charge in [0.25, 0.3) is 0 Å². The third-order valence-electron chi connectivity index (χ3n) is 3.78. The number of hydrogen-bond acceptors (Lipinski definition) is 4. The molecule has 1 aromatic heterocycles. The summed E-state index contributed by atoms with van der Waals surface area (Å²) in [6.07, 6.45) is 4.67. The zero-order valence-corrected chi connectivity index (χ0v) is 14.1. The molecule has 1 aliphatic heterocycles. The third-order valence-corrected chi connectivity index (χ3v) is 3.78. The van der Waals surface area contributed by atoms with Crippen LogP contribution in [0.4, 0.5) is 4.79 Å². The lowest BCUT2D eigenvalue weighted by Gasteiger charge is -2.29. The van der Waals surface area contributed by atoms with Crippen LogP contribution in [0.3, 0.4) is 0 Å². The fourth-order valence-corrected chi connectivity index (χ4v) is 2.74. The van der Waals surface area contributed by atoms with E-state index in [1.54, 1.807) is 6.26 Å². The standard InChI is InChI=1S/C17H28N2O3/c1-13(15-9-7-11-21-15)18-14-8-5-6-10-19(12-14)16(20)22-17(2,3)4/h7,9,11,13-14,18H,5-6,8,10,12H2,1-4H3. The van der Waals surface area contributed by atoms with Crippen molar-refractivity contribution in [3.05, 3.63) is 24.2 Å². The van der Waals surface area contributed by atoms with Crippen molar-refractivity contribution in [2.75, 3.05) is 13.1 Å². The normalized spacial score (nSPS) is 21.3. The molecule has 124 valence electrons. The molecule has 0 saturated carbocycles. The summed E-state index contributed by atoms with van der Waals surface area (Å²) in [6.45, 7) is 9.23. The predicted molar refractivity (Wildman–Crippen MR) is 85.7 cm³/mol. The number of amides is 1. The number of likely N-dealkylation sites (tertiary alicyclic amines) is 1. The van der Waals surface area contributed by atoms with Crippen molar-refractivity contribution < 1.29 is 13.9 Å². The Morgan fingerprint density at radius 3 is 2.86 bits per heavy atom. The highest BCUT2D eigenvalue weighted by Crippen LogP contribution is 2.19. The second kappa shape index (κ2) is 7.18. The summed E-state index contributed by atoms with van der Waals surface area (Å²) in [5.74, 6) is 0.924. The molecule has 1 fully saturated rings. The lowest BCUT2D eigenvalue weighted by atomic mass is 10.1. The maximum Gasteiger partial charge on any atom is 0.410 e. The number of carbonyl (C=O) groups excluding carboxylic acids is 1. The largest absolute Gasteiger partial charge is 0.468 e. The Kier molecular flexibility index (Phi) is 5.51. The minimum absolute atomic E-state index is 0.138. The van der Waals surface area contributed by atoms with E-state index >= 15 is 0 Å². The van der Waals surface area contributed by atoms with E-state index < -0.39 is 5.60 Å². The Balaban J connectivity index is 1.93. The molecule has 1 N–H and O–H groups in total. The summed E-state index contributed by atoms with van der Waals surface area (Å²) in [5, 5.41) is 3.57. The average Bonchev–Trinajstić information content (AvgIpc) is 2.84. The van der Waals surface area contributed by atoms with E-state index in [2.05, 4.69) is 12.2 Å². The molecule has 2 rings (SSSR count). The van der Waals surface area contributed by atoms with Crippen LogP contribution in [0.15, 0.2) is 22.8 Å². The van der Waals surface area contributed by atoms with Crippen LogP contribution < -0.4 is 5.32 Å². The summed E-state index contributed by atoms with van der Waals surface area (Å²) in [7, 11) is 0. The van der Waals surface area contributed by atoms with Gasteiger partial charge in [0.1, 0.15) is 11.4 Å². The summed E-state index contributed by atoms with van der Waals surface area (Å²) in [5.41, 5.74) is -0.451. The zero-order chi connectivity index (χ0) is 16.2. The summed E-state index contributed by atoms with van der Waals surface area (Å²) in [6, 6.07) is 4.27. The number of nitrogens with zero attached hydrogens (tertiary/aromatic N) is 1. The lowest BCUT2D eigenvalue weighted by Crippen LogP contribution is -2.45. The molecule has 1 saturated heterocycles. The number of rotatable bonds is 3. The number of ether oxygens (including phenoxy) is 1. The van der Waals surface area contributed by atoms with Crippen molar-refractivity contribution in [3.63, 3.8) is 0 Å². The van der Waals surface area contributed by atoms with Crippen molar-refractivity contribution in [1.82, 2.24) is 10.2 Å². The van der Waals surface area contributed by atoms with Crippen LogP contribution in [-0.4, -0.2) is 35.7 Å². The highest BCUT2D eigenvalue weighted by Gasteiger charge is 2.27. The first kappa shape index (κ1) is 16.9. The highest BCUT2D eigenvalue weighted by atomic mass is 16.6. The van der Waals surface area contributed by atoms with Crippen LogP contribution in [0.25, 0.3) is 0 Å². The van der Waals surface area contributed by atoms with Gasteiger partial charge in [0.15, 0.2) is 0 Å². The minimum atomic E-state index is -0.451. The lowest BCUT2D eigenvalue weighted by molar-refractivity contribution is 0.0241. The van der Waals surface area contributed by atoms with E-state index in [0.717, 1.165) is 31.6 Å². The molecule has 1 aliphatic rings. The second-order valence-corrected chi connectivity index (χ2v) is 7.02. The molecule has 0 bridgehead atoms. The van der Waals surface area contributed by atoms with Crippen molar-refractivity contribution >= 4 is 6.09 Å². The first-order valence-corrected chi connectivity index (χ1v) is 8.12. The molecular weight excluding hydrogens is 280 g/mol. The van der Waals surface area contributed by atoms with E-state index in [4.69, 9.17) is 9.15 Å². The van der Waals surface area contributed by atoms with Crippen LogP contribution in [-0.2, 0) is 4.74 Å². The maximum atomic E-state index is 12.3. The van der Waals surface area contributed by atoms with Crippen LogP contribution in [0.1, 0.15) is 58.8 Å². The van der Waals surface area contributed by atoms with Gasteiger partial charge in [-0.05, 0) is 52.7 Å². The number of hydrogen-bond donors (Lipinski definition) is 1. The SMILES string of the molecule is CC(NC1CCCCN(C(=O)OC(C)(C)C)C1)c1ccco1. The van der Waals surface area contributed by atoms with E-state index in [9.17, 15) is 4.79 Å². The minimum Gasteiger partial charge on any atom is -0.468 e. The van der Waals surface area contributed by atoms with Gasteiger partial charge in [0, 0.05) is 19.1 Å². The van der Waals surface area contributed by atoms with Crippen molar-refractivity contribution in [2.45, 2.75) is 64.6 Å². The second-order valence-electron chi connectivity index (χ2n) is 7.02. The average molecular weight is 308 g/mol. The van der Waals surface area contributed by atoms with Gasteiger partial charge in [-0.2, -0.15) is 0 Å². The Morgan fingerprint density at radius 2 is 2.23 bits per heavy atom. The molecule has 0 aromatic carbocycles. The Bertz CT molecular complexity index is 465. The predicted octanol–water partition coefficient (Wildman–Crippen LogP) is 3.72. The molecule has 2 heterocycles. The highest BCUT2D eigenvalue weighted by molar-refractivity contribution is 5.68. The Hall–Kier alpha value is -1.49. The van der Waals surface area contributed by atoms with Gasteiger partial charge in [0.05, 0.1) is 12.3 Å². The van der Waals surface area contributed by atoms with E-state index in [0.29, 0.717) is 6.54 Å². The molecule has 0 aliphatic carbocycles. The number of furan rings is 1. The molecule has 5 nitrogen and oxygen atoms in total. The van der Waals surface area contributed by atoms with Gasteiger partial charge < -0.3 is 19.4 Å². The zero-order valence-electron chi connectivity index (χ0n) is 14.1. The molecule has 22 heavy (non-hydrogen) atoms. The molecule has 5 heteroatoms. The van der Waals surface area contributed by atoms with Gasteiger partial charge in [-0.25, -0.2) is 4.79 Å². The Morgan fingerprint density at radius 1 is 1.45 bits per heavy atom. The molecule has 2 atom stereocenters. The van der Waals surface area contributed by atoms with Gasteiger partial charge in [-0.1, -0.05) is 6.42 Å². The summed E-state index contributed by atoms with van der Waals surface area (Å²) < 4.78 is 10.9. The summed E-state index contributed by atoms with van der Waals surface area (Å²) >= 11 is 0. The molecule has 0 spiro atoms. The van der Waals surface area contributed by atoms with Crippen molar-refractivity contribution in [3.8, 4) is 0 Å². The van der Waals surface area contributed by atoms with Crippen LogP contribution >= 0.6 is 0 Å². The van der Waals surface area contributed by atoms with Gasteiger partial charge >= 0.3 is 6.09 Å². The van der Waals surface area contributed by atoms with Crippen LogP contribution in [0, 0.1) is 0 Å². The smallest absolute Gasteiger partial charge is 0.410 e.